The lowest BCUT2D eigenvalue weighted by molar-refractivity contribution is -0.120. The highest BCUT2D eigenvalue weighted by molar-refractivity contribution is 6.31. The lowest BCUT2D eigenvalue weighted by Gasteiger charge is -2.14. The van der Waals surface area contributed by atoms with E-state index in [0.29, 0.717) is 23.4 Å². The topological polar surface area (TPSA) is 55.1 Å². The van der Waals surface area contributed by atoms with Gasteiger partial charge in [-0.2, -0.15) is 0 Å². The smallest absolute Gasteiger partial charge is 0.224 e. The Bertz CT molecular complexity index is 495. The van der Waals surface area contributed by atoms with Crippen molar-refractivity contribution in [2.75, 3.05) is 0 Å². The van der Waals surface area contributed by atoms with Crippen LogP contribution in [-0.2, 0) is 11.2 Å². The number of nitrogens with two attached hydrogens (primary N) is 1. The molecule has 0 radical (unpaired) electrons. The Balaban J connectivity index is 1.70. The molecule has 1 amide bonds. The quantitative estimate of drug-likeness (QED) is 0.870. The van der Waals surface area contributed by atoms with Crippen LogP contribution in [0.15, 0.2) is 18.2 Å². The van der Waals surface area contributed by atoms with Crippen LogP contribution < -0.4 is 11.1 Å². The molecular weight excluding hydrogens is 260 g/mol. The fourth-order valence-electron chi connectivity index (χ4n) is 2.36. The molecular formula is C15H19ClN2O. The Kier molecular flexibility index (Phi) is 3.50. The van der Waals surface area contributed by atoms with Crippen molar-refractivity contribution in [3.8, 4) is 0 Å². The van der Waals surface area contributed by atoms with Crippen LogP contribution in [0.25, 0.3) is 0 Å². The molecule has 2 saturated carbocycles. The second-order valence-corrected chi connectivity index (χ2v) is 6.14. The number of hydrogen-bond acceptors (Lipinski definition) is 2. The number of carbonyl (C=O) groups is 1. The Hall–Kier alpha value is -1.06. The molecule has 1 atom stereocenters. The zero-order valence-corrected chi connectivity index (χ0v) is 11.6. The van der Waals surface area contributed by atoms with Crippen molar-refractivity contribution in [1.82, 2.24) is 5.32 Å². The molecule has 1 aromatic rings. The molecule has 3 N–H and O–H groups in total. The fourth-order valence-corrected chi connectivity index (χ4v) is 2.60. The van der Waals surface area contributed by atoms with Crippen molar-refractivity contribution in [2.24, 2.45) is 11.7 Å². The predicted octanol–water partition coefficient (Wildman–Crippen LogP) is 2.57. The van der Waals surface area contributed by atoms with Crippen molar-refractivity contribution in [3.05, 3.63) is 34.3 Å². The summed E-state index contributed by atoms with van der Waals surface area (Å²) in [5.74, 6) is 0.656. The minimum Gasteiger partial charge on any atom is -0.353 e. The fraction of sp³-hybridized carbons (Fsp3) is 0.533. The van der Waals surface area contributed by atoms with Gasteiger partial charge in [-0.15, -0.1) is 0 Å². The van der Waals surface area contributed by atoms with E-state index in [2.05, 4.69) is 5.32 Å². The third kappa shape index (κ3) is 3.28. The van der Waals surface area contributed by atoms with Crippen LogP contribution in [0.5, 0.6) is 0 Å². The Labute approximate surface area is 118 Å². The third-order valence-electron chi connectivity index (χ3n) is 3.86. The van der Waals surface area contributed by atoms with Crippen LogP contribution >= 0.6 is 11.6 Å². The molecule has 3 nitrogen and oxygen atoms in total. The molecule has 102 valence electrons. The normalized spacial score (nSPS) is 20.1. The van der Waals surface area contributed by atoms with E-state index in [9.17, 15) is 4.79 Å². The lowest BCUT2D eigenvalue weighted by Crippen LogP contribution is -2.27. The van der Waals surface area contributed by atoms with Gasteiger partial charge in [-0.1, -0.05) is 23.7 Å². The van der Waals surface area contributed by atoms with Gasteiger partial charge in [0, 0.05) is 17.1 Å². The largest absolute Gasteiger partial charge is 0.353 e. The average Bonchev–Trinajstić information content (AvgIpc) is 3.24. The SMILES string of the molecule is NC(c1cc(CC(=O)NC2CC2)ccc1Cl)C1CC1. The zero-order valence-electron chi connectivity index (χ0n) is 10.9. The monoisotopic (exact) mass is 278 g/mol. The molecule has 0 bridgehead atoms. The highest BCUT2D eigenvalue weighted by atomic mass is 35.5. The van der Waals surface area contributed by atoms with Gasteiger partial charge >= 0.3 is 0 Å². The van der Waals surface area contributed by atoms with Gasteiger partial charge in [0.05, 0.1) is 6.42 Å². The molecule has 0 aliphatic heterocycles. The van der Waals surface area contributed by atoms with E-state index in [1.165, 1.54) is 12.8 Å². The Morgan fingerprint density at radius 2 is 2.11 bits per heavy atom. The molecule has 0 saturated heterocycles. The maximum atomic E-state index is 11.8. The van der Waals surface area contributed by atoms with Crippen LogP contribution in [0, 0.1) is 5.92 Å². The van der Waals surface area contributed by atoms with Crippen LogP contribution in [0.3, 0.4) is 0 Å². The number of benzene rings is 1. The van der Waals surface area contributed by atoms with Gasteiger partial charge in [-0.05, 0) is 48.8 Å². The van der Waals surface area contributed by atoms with E-state index >= 15 is 0 Å². The van der Waals surface area contributed by atoms with Crippen molar-refractivity contribution in [3.63, 3.8) is 0 Å². The van der Waals surface area contributed by atoms with Crippen molar-refractivity contribution in [2.45, 2.75) is 44.2 Å². The lowest BCUT2D eigenvalue weighted by atomic mass is 9.99. The predicted molar refractivity (Wildman–Crippen MR) is 76.0 cm³/mol. The van der Waals surface area contributed by atoms with Gasteiger partial charge in [0.1, 0.15) is 0 Å². The second kappa shape index (κ2) is 5.14. The number of rotatable bonds is 5. The Morgan fingerprint density at radius 1 is 1.37 bits per heavy atom. The minimum absolute atomic E-state index is 0.0129. The summed E-state index contributed by atoms with van der Waals surface area (Å²) in [6, 6.07) is 6.20. The summed E-state index contributed by atoms with van der Waals surface area (Å²) >= 11 is 6.21. The molecule has 3 rings (SSSR count). The van der Waals surface area contributed by atoms with Crippen LogP contribution in [-0.4, -0.2) is 11.9 Å². The van der Waals surface area contributed by atoms with Gasteiger partial charge in [-0.25, -0.2) is 0 Å². The molecule has 19 heavy (non-hydrogen) atoms. The maximum Gasteiger partial charge on any atom is 0.224 e. The first-order valence-electron chi connectivity index (χ1n) is 6.97. The molecule has 4 heteroatoms. The summed E-state index contributed by atoms with van der Waals surface area (Å²) in [7, 11) is 0. The zero-order chi connectivity index (χ0) is 13.4. The van der Waals surface area contributed by atoms with Crippen molar-refractivity contribution < 1.29 is 4.79 Å². The molecule has 2 aliphatic carbocycles. The van der Waals surface area contributed by atoms with Crippen LogP contribution in [0.4, 0.5) is 0 Å². The minimum atomic E-state index is 0.0129. The summed E-state index contributed by atoms with van der Waals surface area (Å²) < 4.78 is 0. The van der Waals surface area contributed by atoms with E-state index in [-0.39, 0.29) is 11.9 Å². The first-order valence-corrected chi connectivity index (χ1v) is 7.34. The van der Waals surface area contributed by atoms with E-state index in [4.69, 9.17) is 17.3 Å². The van der Waals surface area contributed by atoms with Crippen LogP contribution in [0.1, 0.15) is 42.9 Å². The molecule has 1 aromatic carbocycles. The van der Waals surface area contributed by atoms with Gasteiger partial charge in [-0.3, -0.25) is 4.79 Å². The van der Waals surface area contributed by atoms with Gasteiger partial charge in [0.15, 0.2) is 0 Å². The highest BCUT2D eigenvalue weighted by Gasteiger charge is 2.31. The average molecular weight is 279 g/mol. The second-order valence-electron chi connectivity index (χ2n) is 5.74. The van der Waals surface area contributed by atoms with Gasteiger partial charge < -0.3 is 11.1 Å². The standard InChI is InChI=1S/C15H19ClN2O/c16-13-6-1-9(8-14(19)18-11-4-5-11)7-12(13)15(17)10-2-3-10/h1,6-7,10-11,15H,2-5,8,17H2,(H,18,19). The number of amides is 1. The summed E-state index contributed by atoms with van der Waals surface area (Å²) in [5.41, 5.74) is 8.19. The van der Waals surface area contributed by atoms with Gasteiger partial charge in [0.2, 0.25) is 5.91 Å². The van der Waals surface area contributed by atoms with E-state index in [0.717, 1.165) is 24.0 Å². The van der Waals surface area contributed by atoms with Gasteiger partial charge in [0.25, 0.3) is 0 Å². The Morgan fingerprint density at radius 3 is 2.74 bits per heavy atom. The van der Waals surface area contributed by atoms with Crippen molar-refractivity contribution in [1.29, 1.82) is 0 Å². The summed E-state index contributed by atoms with van der Waals surface area (Å²) in [6.07, 6.45) is 5.01. The summed E-state index contributed by atoms with van der Waals surface area (Å²) in [5, 5.41) is 3.71. The third-order valence-corrected chi connectivity index (χ3v) is 4.20. The number of nitrogens with one attached hydrogen (secondary N) is 1. The van der Waals surface area contributed by atoms with E-state index < -0.39 is 0 Å². The van der Waals surface area contributed by atoms with E-state index in [1.54, 1.807) is 0 Å². The molecule has 2 aliphatic rings. The summed E-state index contributed by atoms with van der Waals surface area (Å²) in [6.45, 7) is 0. The summed E-state index contributed by atoms with van der Waals surface area (Å²) in [4.78, 5) is 11.8. The number of carbonyl (C=O) groups excluding carboxylic acids is 1. The maximum absolute atomic E-state index is 11.8. The molecule has 0 heterocycles. The molecule has 0 aromatic heterocycles. The number of halogens is 1. The first-order chi connectivity index (χ1) is 9.13. The highest BCUT2D eigenvalue weighted by Crippen LogP contribution is 2.41. The molecule has 1 unspecified atom stereocenters. The van der Waals surface area contributed by atoms with E-state index in [1.807, 2.05) is 18.2 Å². The molecule has 0 spiro atoms. The number of hydrogen-bond donors (Lipinski definition) is 2. The van der Waals surface area contributed by atoms with Crippen molar-refractivity contribution >= 4 is 17.5 Å². The van der Waals surface area contributed by atoms with Crippen LogP contribution in [0.2, 0.25) is 5.02 Å². The first kappa shape index (κ1) is 12.9. The molecule has 2 fully saturated rings.